The van der Waals surface area contributed by atoms with Crippen LogP contribution in [-0.4, -0.2) is 50.5 Å². The molecule has 3 aromatic carbocycles. The van der Waals surface area contributed by atoms with Gasteiger partial charge in [0.1, 0.15) is 0 Å². The van der Waals surface area contributed by atoms with Crippen molar-refractivity contribution in [1.29, 1.82) is 0 Å². The summed E-state index contributed by atoms with van der Waals surface area (Å²) in [6.07, 6.45) is 7.29. The summed E-state index contributed by atoms with van der Waals surface area (Å²) in [4.78, 5) is 29.6. The molecule has 5 rings (SSSR count). The molecule has 2 heterocycles. The van der Waals surface area contributed by atoms with Crippen molar-refractivity contribution in [1.82, 2.24) is 5.32 Å². The Labute approximate surface area is 241 Å². The maximum atomic E-state index is 13.4. The highest BCUT2D eigenvalue weighted by atomic mass is 32.2. The average molecular weight is 559 g/mol. The molecule has 0 spiro atoms. The predicted octanol–water partition coefficient (Wildman–Crippen LogP) is 6.42. The van der Waals surface area contributed by atoms with Gasteiger partial charge in [-0.3, -0.25) is 4.79 Å². The van der Waals surface area contributed by atoms with Crippen molar-refractivity contribution in [3.8, 4) is 0 Å². The van der Waals surface area contributed by atoms with Gasteiger partial charge < -0.3 is 25.6 Å². The van der Waals surface area contributed by atoms with E-state index in [1.54, 1.807) is 17.8 Å². The van der Waals surface area contributed by atoms with Crippen LogP contribution in [0.15, 0.2) is 77.7 Å². The molecule has 2 aliphatic heterocycles. The summed E-state index contributed by atoms with van der Waals surface area (Å²) in [5, 5.41) is 8.84. The Morgan fingerprint density at radius 1 is 0.925 bits per heavy atom. The minimum Gasteiger partial charge on any atom is -0.376 e. The van der Waals surface area contributed by atoms with Gasteiger partial charge in [0.2, 0.25) is 0 Å². The van der Waals surface area contributed by atoms with Gasteiger partial charge in [-0.1, -0.05) is 30.3 Å². The first kappa shape index (κ1) is 28.1. The van der Waals surface area contributed by atoms with Gasteiger partial charge in [-0.05, 0) is 92.3 Å². The normalized spacial score (nSPS) is 17.4. The summed E-state index contributed by atoms with van der Waals surface area (Å²) >= 11 is 1.65. The zero-order valence-electron chi connectivity index (χ0n) is 23.0. The highest BCUT2D eigenvalue weighted by molar-refractivity contribution is 7.98. The highest BCUT2D eigenvalue weighted by Gasteiger charge is 2.25. The quantitative estimate of drug-likeness (QED) is 0.264. The average Bonchev–Trinajstić information content (AvgIpc) is 3.51. The molecule has 0 unspecified atom stereocenters. The number of rotatable bonds is 9. The van der Waals surface area contributed by atoms with Crippen molar-refractivity contribution >= 4 is 40.8 Å². The number of carbonyl (C=O) groups is 2. The van der Waals surface area contributed by atoms with Crippen LogP contribution in [0.4, 0.5) is 21.9 Å². The van der Waals surface area contributed by atoms with E-state index in [4.69, 9.17) is 4.74 Å². The summed E-state index contributed by atoms with van der Waals surface area (Å²) in [5.41, 5.74) is 4.13. The summed E-state index contributed by atoms with van der Waals surface area (Å²) in [7, 11) is 0. The molecule has 0 aliphatic carbocycles. The first-order valence-electron chi connectivity index (χ1n) is 14.1. The molecule has 3 aromatic rings. The molecule has 7 nitrogen and oxygen atoms in total. The van der Waals surface area contributed by atoms with Gasteiger partial charge in [-0.25, -0.2) is 4.79 Å². The third-order valence-corrected chi connectivity index (χ3v) is 8.43. The molecular formula is C32H38N4O3S. The number of hydrogen-bond acceptors (Lipinski definition) is 5. The lowest BCUT2D eigenvalue weighted by Crippen LogP contribution is -2.37. The molecule has 210 valence electrons. The number of anilines is 3. The van der Waals surface area contributed by atoms with Gasteiger partial charge in [0.05, 0.1) is 11.7 Å². The van der Waals surface area contributed by atoms with E-state index in [-0.39, 0.29) is 18.0 Å². The minimum absolute atomic E-state index is 0.0608. The Hall–Kier alpha value is -3.49. The van der Waals surface area contributed by atoms with Crippen molar-refractivity contribution < 1.29 is 14.3 Å². The minimum atomic E-state index is -0.350. The maximum absolute atomic E-state index is 13.4. The Morgan fingerprint density at radius 3 is 2.35 bits per heavy atom. The van der Waals surface area contributed by atoms with E-state index >= 15 is 0 Å². The molecule has 2 aliphatic rings. The van der Waals surface area contributed by atoms with Crippen LogP contribution in [0.25, 0.3) is 0 Å². The molecule has 3 N–H and O–H groups in total. The van der Waals surface area contributed by atoms with Gasteiger partial charge in [-0.2, -0.15) is 0 Å². The number of piperidine rings is 1. The monoisotopic (exact) mass is 558 g/mol. The standard InChI is InChI=1S/C32H38N4O3S/c1-40-28-12-9-25(10-13-28)34-32(38)35-26-11-14-30(29(21-26)31(37)33-22-27-8-5-19-39-27)36-17-15-24(16-18-36)20-23-6-3-2-4-7-23/h2-4,6-7,9-14,21,24,27H,5,8,15-20,22H2,1H3,(H,33,37)(H2,34,35,38)/t27-/m0/s1. The van der Waals surface area contributed by atoms with Crippen LogP contribution in [-0.2, 0) is 11.2 Å². The Morgan fingerprint density at radius 2 is 1.65 bits per heavy atom. The molecule has 40 heavy (non-hydrogen) atoms. The molecule has 0 saturated carbocycles. The van der Waals surface area contributed by atoms with Crippen LogP contribution >= 0.6 is 11.8 Å². The van der Waals surface area contributed by atoms with E-state index in [9.17, 15) is 9.59 Å². The summed E-state index contributed by atoms with van der Waals surface area (Å²) in [5.74, 6) is 0.485. The van der Waals surface area contributed by atoms with Crippen LogP contribution in [0.2, 0.25) is 0 Å². The van der Waals surface area contributed by atoms with E-state index in [2.05, 4.69) is 51.2 Å². The topological polar surface area (TPSA) is 82.7 Å². The fraction of sp³-hybridized carbons (Fsp3) is 0.375. The smallest absolute Gasteiger partial charge is 0.323 e. The molecule has 0 bridgehead atoms. The van der Waals surface area contributed by atoms with Crippen molar-refractivity contribution in [2.24, 2.45) is 5.92 Å². The second-order valence-corrected chi connectivity index (χ2v) is 11.4. The summed E-state index contributed by atoms with van der Waals surface area (Å²) in [6, 6.07) is 23.6. The zero-order chi connectivity index (χ0) is 27.7. The lowest BCUT2D eigenvalue weighted by Gasteiger charge is -2.35. The molecular weight excluding hydrogens is 520 g/mol. The maximum Gasteiger partial charge on any atom is 0.323 e. The van der Waals surface area contributed by atoms with Gasteiger partial charge in [0.25, 0.3) is 5.91 Å². The predicted molar refractivity (Wildman–Crippen MR) is 164 cm³/mol. The lowest BCUT2D eigenvalue weighted by molar-refractivity contribution is 0.0858. The lowest BCUT2D eigenvalue weighted by atomic mass is 9.89. The second kappa shape index (κ2) is 13.7. The van der Waals surface area contributed by atoms with Crippen LogP contribution in [0, 0.1) is 5.92 Å². The zero-order valence-corrected chi connectivity index (χ0v) is 23.8. The molecule has 2 saturated heterocycles. The van der Waals surface area contributed by atoms with E-state index in [0.29, 0.717) is 29.4 Å². The first-order valence-corrected chi connectivity index (χ1v) is 15.3. The Bertz CT molecular complexity index is 1270. The Kier molecular flexibility index (Phi) is 9.63. The number of benzene rings is 3. The van der Waals surface area contributed by atoms with Crippen molar-refractivity contribution in [3.05, 3.63) is 83.9 Å². The van der Waals surface area contributed by atoms with Crippen molar-refractivity contribution in [2.45, 2.75) is 43.1 Å². The number of carbonyl (C=O) groups excluding carboxylic acids is 2. The summed E-state index contributed by atoms with van der Waals surface area (Å²) < 4.78 is 5.70. The van der Waals surface area contributed by atoms with Crippen LogP contribution in [0.1, 0.15) is 41.6 Å². The third-order valence-electron chi connectivity index (χ3n) is 7.68. The van der Waals surface area contributed by atoms with Crippen LogP contribution in [0.5, 0.6) is 0 Å². The van der Waals surface area contributed by atoms with Gasteiger partial charge >= 0.3 is 6.03 Å². The van der Waals surface area contributed by atoms with Gasteiger partial charge in [-0.15, -0.1) is 11.8 Å². The number of urea groups is 1. The first-order chi connectivity index (χ1) is 19.6. The molecule has 0 radical (unpaired) electrons. The molecule has 8 heteroatoms. The number of nitrogens with one attached hydrogen (secondary N) is 3. The van der Waals surface area contributed by atoms with E-state index in [0.717, 1.165) is 62.4 Å². The largest absolute Gasteiger partial charge is 0.376 e. The number of hydrogen-bond donors (Lipinski definition) is 3. The number of ether oxygens (including phenoxy) is 1. The highest BCUT2D eigenvalue weighted by Crippen LogP contribution is 2.30. The van der Waals surface area contributed by atoms with E-state index in [1.807, 2.05) is 42.7 Å². The number of amides is 3. The molecule has 0 aromatic heterocycles. The van der Waals surface area contributed by atoms with E-state index in [1.165, 1.54) is 5.56 Å². The molecule has 1 atom stereocenters. The Balaban J connectivity index is 1.27. The number of thioether (sulfide) groups is 1. The van der Waals surface area contributed by atoms with Gasteiger partial charge in [0, 0.05) is 48.2 Å². The van der Waals surface area contributed by atoms with Crippen molar-refractivity contribution in [3.63, 3.8) is 0 Å². The third kappa shape index (κ3) is 7.58. The second-order valence-electron chi connectivity index (χ2n) is 10.5. The summed E-state index contributed by atoms with van der Waals surface area (Å²) in [6.45, 7) is 3.02. The van der Waals surface area contributed by atoms with Crippen LogP contribution < -0.4 is 20.9 Å². The SMILES string of the molecule is CSc1ccc(NC(=O)Nc2ccc(N3CCC(Cc4ccccc4)CC3)c(C(=O)NC[C@@H]3CCCO3)c2)cc1. The van der Waals surface area contributed by atoms with Gasteiger partial charge in [0.15, 0.2) is 0 Å². The number of nitrogens with zero attached hydrogens (tertiary/aromatic N) is 1. The van der Waals surface area contributed by atoms with Crippen LogP contribution in [0.3, 0.4) is 0 Å². The molecule has 2 fully saturated rings. The van der Waals surface area contributed by atoms with Crippen molar-refractivity contribution in [2.75, 3.05) is 48.0 Å². The fourth-order valence-electron chi connectivity index (χ4n) is 5.47. The fourth-order valence-corrected chi connectivity index (χ4v) is 5.88. The van der Waals surface area contributed by atoms with E-state index < -0.39 is 0 Å². The molecule has 3 amide bonds.